The van der Waals surface area contributed by atoms with Crippen molar-refractivity contribution in [1.29, 1.82) is 0 Å². The highest BCUT2D eigenvalue weighted by atomic mass is 32.1. The third-order valence-electron chi connectivity index (χ3n) is 4.21. The van der Waals surface area contributed by atoms with E-state index in [2.05, 4.69) is 20.8 Å². The number of nitrogens with two attached hydrogens (primary N) is 1. The average molecular weight is 348 g/mol. The van der Waals surface area contributed by atoms with Crippen molar-refractivity contribution < 1.29 is 14.3 Å². The maximum Gasteiger partial charge on any atom is 0.350 e. The summed E-state index contributed by atoms with van der Waals surface area (Å²) < 4.78 is 11.2. The Bertz CT molecular complexity index is 795. The van der Waals surface area contributed by atoms with Crippen LogP contribution < -0.4 is 10.5 Å². The van der Waals surface area contributed by atoms with Crippen LogP contribution in [0.4, 0.5) is 5.69 Å². The number of ether oxygens (including phenoxy) is 2. The van der Waals surface area contributed by atoms with Crippen molar-refractivity contribution in [3.05, 3.63) is 16.1 Å². The molecular formula is C18H24N2O3S. The van der Waals surface area contributed by atoms with Crippen LogP contribution in [0.2, 0.25) is 0 Å². The molecule has 3 rings (SSSR count). The quantitative estimate of drug-likeness (QED) is 0.846. The van der Waals surface area contributed by atoms with Crippen LogP contribution in [-0.2, 0) is 17.6 Å². The van der Waals surface area contributed by atoms with Crippen LogP contribution in [0.5, 0.6) is 5.75 Å². The number of nitrogen functional groups attached to an aromatic ring is 1. The summed E-state index contributed by atoms with van der Waals surface area (Å²) in [7, 11) is 0. The van der Waals surface area contributed by atoms with Gasteiger partial charge in [0.15, 0.2) is 0 Å². The topological polar surface area (TPSA) is 74.4 Å². The van der Waals surface area contributed by atoms with Gasteiger partial charge in [0.1, 0.15) is 15.5 Å². The molecule has 0 aromatic carbocycles. The van der Waals surface area contributed by atoms with Gasteiger partial charge in [-0.25, -0.2) is 9.78 Å². The maximum absolute atomic E-state index is 12.2. The second kappa shape index (κ2) is 6.24. The Morgan fingerprint density at radius 3 is 2.83 bits per heavy atom. The zero-order valence-electron chi connectivity index (χ0n) is 14.7. The van der Waals surface area contributed by atoms with Crippen molar-refractivity contribution in [2.45, 2.75) is 47.0 Å². The Balaban J connectivity index is 2.24. The van der Waals surface area contributed by atoms with E-state index in [1.807, 2.05) is 0 Å². The van der Waals surface area contributed by atoms with Crippen molar-refractivity contribution in [2.75, 3.05) is 18.9 Å². The lowest BCUT2D eigenvalue weighted by Crippen LogP contribution is -2.29. The number of thiophene rings is 1. The van der Waals surface area contributed by atoms with Crippen LogP contribution in [0.3, 0.4) is 0 Å². The third-order valence-corrected chi connectivity index (χ3v) is 5.29. The Kier molecular flexibility index (Phi) is 4.42. The van der Waals surface area contributed by atoms with E-state index in [0.29, 0.717) is 23.8 Å². The Morgan fingerprint density at radius 1 is 1.42 bits per heavy atom. The summed E-state index contributed by atoms with van der Waals surface area (Å²) in [6, 6.07) is 0. The maximum atomic E-state index is 12.2. The Hall–Kier alpha value is -1.82. The minimum atomic E-state index is -0.375. The highest BCUT2D eigenvalue weighted by Gasteiger charge is 2.33. The van der Waals surface area contributed by atoms with Gasteiger partial charge in [-0.3, -0.25) is 0 Å². The molecule has 0 aliphatic carbocycles. The molecule has 0 atom stereocenters. The van der Waals surface area contributed by atoms with Gasteiger partial charge in [-0.2, -0.15) is 0 Å². The molecular weight excluding hydrogens is 324 g/mol. The molecule has 0 spiro atoms. The molecule has 2 N–H and O–H groups in total. The number of esters is 1. The summed E-state index contributed by atoms with van der Waals surface area (Å²) in [6.07, 6.45) is 2.70. The van der Waals surface area contributed by atoms with Crippen LogP contribution in [0.25, 0.3) is 10.2 Å². The van der Waals surface area contributed by atoms with E-state index in [4.69, 9.17) is 20.2 Å². The van der Waals surface area contributed by atoms with Crippen molar-refractivity contribution >= 4 is 33.2 Å². The molecule has 0 saturated heterocycles. The van der Waals surface area contributed by atoms with Crippen molar-refractivity contribution in [3.63, 3.8) is 0 Å². The number of carbonyl (C=O) groups is 1. The zero-order chi connectivity index (χ0) is 17.5. The summed E-state index contributed by atoms with van der Waals surface area (Å²) in [6.45, 7) is 9.26. The molecule has 0 amide bonds. The monoisotopic (exact) mass is 348 g/mol. The number of nitrogens with zero attached hydrogens (tertiary/aromatic N) is 1. The second-order valence-electron chi connectivity index (χ2n) is 6.99. The summed E-state index contributed by atoms with van der Waals surface area (Å²) in [5, 5.41) is 0.866. The van der Waals surface area contributed by atoms with Gasteiger partial charge in [0.05, 0.1) is 24.6 Å². The second-order valence-corrected chi connectivity index (χ2v) is 7.99. The largest absolute Gasteiger partial charge is 0.491 e. The normalized spacial score (nSPS) is 15.8. The van der Waals surface area contributed by atoms with E-state index in [1.165, 1.54) is 11.3 Å². The number of hydrogen-bond acceptors (Lipinski definition) is 6. The SMILES string of the molecule is CCCc1nc2sc(C(=O)OCC)c(N)c2c2c1OCC(C)(C)C2. The standard InChI is InChI=1S/C18H24N2O3S/c1-5-7-11-14-10(8-18(3,4)9-23-14)12-13(19)15(17(21)22-6-2)24-16(12)20-11/h5-9,19H2,1-4H3. The van der Waals surface area contributed by atoms with Crippen molar-refractivity contribution in [2.24, 2.45) is 5.41 Å². The van der Waals surface area contributed by atoms with Gasteiger partial charge in [-0.15, -0.1) is 11.3 Å². The number of rotatable bonds is 4. The summed E-state index contributed by atoms with van der Waals surface area (Å²) >= 11 is 1.32. The van der Waals surface area contributed by atoms with E-state index in [9.17, 15) is 4.79 Å². The summed E-state index contributed by atoms with van der Waals surface area (Å²) in [5.41, 5.74) is 8.88. The average Bonchev–Trinajstić information content (AvgIpc) is 2.84. The Labute approximate surface area is 146 Å². The molecule has 130 valence electrons. The van der Waals surface area contributed by atoms with Gasteiger partial charge >= 0.3 is 5.97 Å². The molecule has 0 unspecified atom stereocenters. The predicted octanol–water partition coefficient (Wildman–Crippen LogP) is 3.97. The van der Waals surface area contributed by atoms with E-state index in [1.54, 1.807) is 6.92 Å². The fourth-order valence-corrected chi connectivity index (χ4v) is 4.19. The van der Waals surface area contributed by atoms with E-state index >= 15 is 0 Å². The van der Waals surface area contributed by atoms with Gasteiger partial charge in [-0.05, 0) is 19.8 Å². The van der Waals surface area contributed by atoms with Gasteiger partial charge in [0.2, 0.25) is 0 Å². The van der Waals surface area contributed by atoms with Crippen LogP contribution >= 0.6 is 11.3 Å². The minimum absolute atomic E-state index is 0.0310. The zero-order valence-corrected chi connectivity index (χ0v) is 15.5. The van der Waals surface area contributed by atoms with Crippen LogP contribution in [0, 0.1) is 5.41 Å². The Morgan fingerprint density at radius 2 is 2.17 bits per heavy atom. The molecule has 2 aromatic rings. The van der Waals surface area contributed by atoms with Crippen molar-refractivity contribution in [1.82, 2.24) is 4.98 Å². The highest BCUT2D eigenvalue weighted by Crippen LogP contribution is 2.45. The molecule has 6 heteroatoms. The molecule has 0 bridgehead atoms. The first-order valence-electron chi connectivity index (χ1n) is 8.41. The lowest BCUT2D eigenvalue weighted by atomic mass is 9.83. The number of carbonyl (C=O) groups excluding carboxylic acids is 1. The number of aromatic nitrogens is 1. The van der Waals surface area contributed by atoms with E-state index in [0.717, 1.165) is 46.5 Å². The highest BCUT2D eigenvalue weighted by molar-refractivity contribution is 7.21. The van der Waals surface area contributed by atoms with Crippen LogP contribution in [0.1, 0.15) is 55.0 Å². The molecule has 1 aliphatic heterocycles. The minimum Gasteiger partial charge on any atom is -0.491 e. The molecule has 0 fully saturated rings. The fraction of sp³-hybridized carbons (Fsp3) is 0.556. The van der Waals surface area contributed by atoms with Crippen molar-refractivity contribution in [3.8, 4) is 5.75 Å². The smallest absolute Gasteiger partial charge is 0.350 e. The van der Waals surface area contributed by atoms with Gasteiger partial charge in [0.25, 0.3) is 0 Å². The third kappa shape index (κ3) is 2.83. The molecule has 0 saturated carbocycles. The fourth-order valence-electron chi connectivity index (χ4n) is 3.15. The van der Waals surface area contributed by atoms with E-state index in [-0.39, 0.29) is 11.4 Å². The number of hydrogen-bond donors (Lipinski definition) is 1. The number of anilines is 1. The lowest BCUT2D eigenvalue weighted by Gasteiger charge is -2.32. The van der Waals surface area contributed by atoms with E-state index < -0.39 is 0 Å². The number of pyridine rings is 1. The first kappa shape index (κ1) is 17.0. The van der Waals surface area contributed by atoms with Crippen LogP contribution in [-0.4, -0.2) is 24.2 Å². The van der Waals surface area contributed by atoms with Gasteiger partial charge in [-0.1, -0.05) is 27.2 Å². The predicted molar refractivity (Wildman–Crippen MR) is 97.0 cm³/mol. The molecule has 5 nitrogen and oxygen atoms in total. The first-order chi connectivity index (χ1) is 11.4. The molecule has 3 heterocycles. The number of aryl methyl sites for hydroxylation is 1. The van der Waals surface area contributed by atoms with Gasteiger partial charge in [0, 0.05) is 16.4 Å². The molecule has 2 aromatic heterocycles. The first-order valence-corrected chi connectivity index (χ1v) is 9.23. The summed E-state index contributed by atoms with van der Waals surface area (Å²) in [5.74, 6) is 0.489. The molecule has 1 aliphatic rings. The lowest BCUT2D eigenvalue weighted by molar-refractivity contribution is 0.0533. The number of fused-ring (bicyclic) bond motifs is 3. The molecule has 0 radical (unpaired) electrons. The molecule has 24 heavy (non-hydrogen) atoms. The summed E-state index contributed by atoms with van der Waals surface area (Å²) in [4.78, 5) is 18.2. The van der Waals surface area contributed by atoms with Gasteiger partial charge < -0.3 is 15.2 Å². The van der Waals surface area contributed by atoms with Crippen LogP contribution in [0.15, 0.2) is 0 Å².